The van der Waals surface area contributed by atoms with Crippen LogP contribution in [0.4, 0.5) is 0 Å². The van der Waals surface area contributed by atoms with Gasteiger partial charge in [0.05, 0.1) is 29.8 Å². The van der Waals surface area contributed by atoms with E-state index >= 15 is 0 Å². The van der Waals surface area contributed by atoms with E-state index in [4.69, 9.17) is 4.74 Å². The number of carbonyl (C=O) groups is 1. The maximum atomic E-state index is 11.2. The Labute approximate surface area is 105 Å². The molecule has 0 saturated heterocycles. The smallest absolute Gasteiger partial charge is 0.308 e. The first kappa shape index (κ1) is 13.9. The lowest BCUT2D eigenvalue weighted by atomic mass is 10.1. The summed E-state index contributed by atoms with van der Waals surface area (Å²) in [5.41, 5.74) is 1.52. The summed E-state index contributed by atoms with van der Waals surface area (Å²) in [5.74, 6) is -0.387. The molecule has 0 aliphatic rings. The largest absolute Gasteiger partial charge is 0.466 e. The minimum absolute atomic E-state index is 0.0146. The van der Waals surface area contributed by atoms with E-state index in [2.05, 4.69) is 4.98 Å². The molecule has 0 unspecified atom stereocenters. The molecular weight excluding hydrogens is 238 g/mol. The summed E-state index contributed by atoms with van der Waals surface area (Å²) in [6.07, 6.45) is 0.961. The van der Waals surface area contributed by atoms with Crippen molar-refractivity contribution in [2.45, 2.75) is 33.3 Å². The molecule has 0 fully saturated rings. The highest BCUT2D eigenvalue weighted by Crippen LogP contribution is 2.15. The van der Waals surface area contributed by atoms with Crippen LogP contribution in [0.2, 0.25) is 0 Å². The molecular formula is C12H17NO3S. The minimum atomic E-state index is -0.809. The molecule has 17 heavy (non-hydrogen) atoms. The molecule has 4 nitrogen and oxygen atoms in total. The van der Waals surface area contributed by atoms with Crippen LogP contribution in [0.25, 0.3) is 6.08 Å². The van der Waals surface area contributed by atoms with Gasteiger partial charge in [-0.15, -0.1) is 11.3 Å². The van der Waals surface area contributed by atoms with Crippen molar-refractivity contribution in [3.05, 3.63) is 21.7 Å². The highest BCUT2D eigenvalue weighted by atomic mass is 32.1. The predicted octanol–water partition coefficient (Wildman–Crippen LogP) is 2.17. The number of carbonyl (C=O) groups excluding carboxylic acids is 1. The van der Waals surface area contributed by atoms with Gasteiger partial charge in [-0.1, -0.05) is 0 Å². The molecule has 94 valence electrons. The first-order valence-electron chi connectivity index (χ1n) is 5.47. The second-order valence-corrected chi connectivity index (χ2v) is 4.77. The zero-order valence-electron chi connectivity index (χ0n) is 10.3. The summed E-state index contributed by atoms with van der Waals surface area (Å²) in [5, 5.41) is 12.7. The fraction of sp³-hybridized carbons (Fsp3) is 0.500. The van der Waals surface area contributed by atoms with Crippen molar-refractivity contribution in [1.29, 1.82) is 0 Å². The molecule has 1 aromatic rings. The normalized spacial score (nSPS) is 13.5. The Balaban J connectivity index is 2.59. The van der Waals surface area contributed by atoms with Gasteiger partial charge in [0.2, 0.25) is 0 Å². The second kappa shape index (κ2) is 6.51. The van der Waals surface area contributed by atoms with Crippen molar-refractivity contribution in [3.63, 3.8) is 0 Å². The van der Waals surface area contributed by atoms with Gasteiger partial charge in [-0.05, 0) is 32.4 Å². The van der Waals surface area contributed by atoms with Gasteiger partial charge >= 0.3 is 5.97 Å². The van der Waals surface area contributed by atoms with Crippen molar-refractivity contribution in [2.75, 3.05) is 6.61 Å². The Hall–Kier alpha value is -1.20. The Bertz CT molecular complexity index is 412. The third-order valence-corrected chi connectivity index (χ3v) is 3.00. The van der Waals surface area contributed by atoms with Crippen molar-refractivity contribution in [1.82, 2.24) is 4.98 Å². The van der Waals surface area contributed by atoms with Crippen LogP contribution in [0.5, 0.6) is 0 Å². The van der Waals surface area contributed by atoms with Crippen LogP contribution in [0.3, 0.4) is 0 Å². The van der Waals surface area contributed by atoms with Crippen LogP contribution < -0.4 is 0 Å². The number of rotatable bonds is 5. The van der Waals surface area contributed by atoms with Crippen molar-refractivity contribution in [2.24, 2.45) is 0 Å². The van der Waals surface area contributed by atoms with E-state index in [-0.39, 0.29) is 12.4 Å². The van der Waals surface area contributed by atoms with E-state index in [0.717, 1.165) is 10.7 Å². The Morgan fingerprint density at radius 3 is 2.94 bits per heavy atom. The van der Waals surface area contributed by atoms with E-state index in [1.54, 1.807) is 31.3 Å². The molecule has 1 rings (SSSR count). The Morgan fingerprint density at radius 1 is 1.71 bits per heavy atom. The summed E-state index contributed by atoms with van der Waals surface area (Å²) >= 11 is 1.55. The molecule has 1 atom stereocenters. The fourth-order valence-corrected chi connectivity index (χ4v) is 1.88. The van der Waals surface area contributed by atoms with E-state index in [1.807, 2.05) is 12.3 Å². The number of hydrogen-bond acceptors (Lipinski definition) is 5. The van der Waals surface area contributed by atoms with Crippen molar-refractivity contribution >= 4 is 23.4 Å². The number of aliphatic hydroxyl groups excluding tert-OH is 1. The SMILES string of the molecule is CCOC(=O)C[C@H](O)/C(C)=C/c1csc(C)n1. The monoisotopic (exact) mass is 255 g/mol. The van der Waals surface area contributed by atoms with Gasteiger partial charge in [0.15, 0.2) is 0 Å². The predicted molar refractivity (Wildman–Crippen MR) is 67.8 cm³/mol. The molecule has 1 N–H and O–H groups in total. The lowest BCUT2D eigenvalue weighted by Crippen LogP contribution is -2.16. The third kappa shape index (κ3) is 4.66. The first-order chi connectivity index (χ1) is 8.02. The number of nitrogens with zero attached hydrogens (tertiary/aromatic N) is 1. The van der Waals surface area contributed by atoms with Gasteiger partial charge in [-0.3, -0.25) is 4.79 Å². The Kier molecular flexibility index (Phi) is 5.31. The molecule has 5 heteroatoms. The topological polar surface area (TPSA) is 59.4 Å². The van der Waals surface area contributed by atoms with Gasteiger partial charge < -0.3 is 9.84 Å². The van der Waals surface area contributed by atoms with Crippen LogP contribution in [0.1, 0.15) is 31.0 Å². The van der Waals surface area contributed by atoms with Crippen LogP contribution in [-0.4, -0.2) is 28.8 Å². The minimum Gasteiger partial charge on any atom is -0.466 e. The number of ether oxygens (including phenoxy) is 1. The van der Waals surface area contributed by atoms with Crippen LogP contribution >= 0.6 is 11.3 Å². The molecule has 0 aromatic carbocycles. The molecule has 0 radical (unpaired) electrons. The molecule has 0 amide bonds. The van der Waals surface area contributed by atoms with E-state index < -0.39 is 6.10 Å². The number of hydrogen-bond donors (Lipinski definition) is 1. The number of esters is 1. The standard InChI is InChI=1S/C12H17NO3S/c1-4-16-12(15)6-11(14)8(2)5-10-7-17-9(3)13-10/h5,7,11,14H,4,6H2,1-3H3/b8-5+/t11-/m0/s1. The highest BCUT2D eigenvalue weighted by Gasteiger charge is 2.13. The molecule has 1 aromatic heterocycles. The number of thiazole rings is 1. The zero-order valence-corrected chi connectivity index (χ0v) is 11.1. The van der Waals surface area contributed by atoms with Crippen molar-refractivity contribution < 1.29 is 14.6 Å². The maximum Gasteiger partial charge on any atom is 0.308 e. The third-order valence-electron chi connectivity index (χ3n) is 2.20. The molecule has 0 aliphatic heterocycles. The van der Waals surface area contributed by atoms with E-state index in [0.29, 0.717) is 12.2 Å². The van der Waals surface area contributed by atoms with Crippen LogP contribution in [0, 0.1) is 6.92 Å². The fourth-order valence-electron chi connectivity index (χ4n) is 1.31. The molecule has 0 bridgehead atoms. The quantitative estimate of drug-likeness (QED) is 0.819. The first-order valence-corrected chi connectivity index (χ1v) is 6.35. The summed E-state index contributed by atoms with van der Waals surface area (Å²) in [6.45, 7) is 5.77. The van der Waals surface area contributed by atoms with Gasteiger partial charge in [0.1, 0.15) is 0 Å². The number of aryl methyl sites for hydroxylation is 1. The summed E-state index contributed by atoms with van der Waals surface area (Å²) < 4.78 is 4.78. The molecule has 0 spiro atoms. The average Bonchev–Trinajstić information content (AvgIpc) is 2.64. The zero-order chi connectivity index (χ0) is 12.8. The molecule has 1 heterocycles. The van der Waals surface area contributed by atoms with Crippen LogP contribution in [-0.2, 0) is 9.53 Å². The lowest BCUT2D eigenvalue weighted by molar-refractivity contribution is -0.144. The second-order valence-electron chi connectivity index (χ2n) is 3.70. The van der Waals surface area contributed by atoms with Gasteiger partial charge in [-0.2, -0.15) is 0 Å². The Morgan fingerprint density at radius 2 is 2.41 bits per heavy atom. The summed E-state index contributed by atoms with van der Waals surface area (Å²) in [7, 11) is 0. The summed E-state index contributed by atoms with van der Waals surface area (Å²) in [4.78, 5) is 15.5. The maximum absolute atomic E-state index is 11.2. The number of aromatic nitrogens is 1. The van der Waals surface area contributed by atoms with Gasteiger partial charge in [-0.25, -0.2) is 4.98 Å². The molecule has 0 aliphatic carbocycles. The lowest BCUT2D eigenvalue weighted by Gasteiger charge is -2.09. The van der Waals surface area contributed by atoms with E-state index in [9.17, 15) is 9.90 Å². The molecule has 0 saturated carbocycles. The van der Waals surface area contributed by atoms with Gasteiger partial charge in [0.25, 0.3) is 0 Å². The average molecular weight is 255 g/mol. The number of aliphatic hydroxyl groups is 1. The van der Waals surface area contributed by atoms with Crippen molar-refractivity contribution in [3.8, 4) is 0 Å². The highest BCUT2D eigenvalue weighted by molar-refractivity contribution is 7.09. The summed E-state index contributed by atoms with van der Waals surface area (Å²) in [6, 6.07) is 0. The van der Waals surface area contributed by atoms with Gasteiger partial charge in [0, 0.05) is 5.38 Å². The van der Waals surface area contributed by atoms with Crippen LogP contribution in [0.15, 0.2) is 11.0 Å². The van der Waals surface area contributed by atoms with E-state index in [1.165, 1.54) is 0 Å².